The Morgan fingerprint density at radius 3 is 2.58 bits per heavy atom. The molecule has 0 bridgehead atoms. The van der Waals surface area contributed by atoms with Crippen molar-refractivity contribution in [2.24, 2.45) is 5.10 Å². The molecule has 0 saturated carbocycles. The van der Waals surface area contributed by atoms with Gasteiger partial charge in [-0.2, -0.15) is 10.4 Å². The van der Waals surface area contributed by atoms with Gasteiger partial charge < -0.3 is 4.90 Å². The molecule has 5 nitrogen and oxygen atoms in total. The molecule has 0 unspecified atom stereocenters. The molecule has 2 aromatic carbocycles. The number of nitriles is 1. The summed E-state index contributed by atoms with van der Waals surface area (Å²) in [7, 11) is 3.92. The van der Waals surface area contributed by atoms with Crippen LogP contribution in [0.2, 0.25) is 0 Å². The van der Waals surface area contributed by atoms with Gasteiger partial charge in [-0.05, 0) is 39.2 Å². The van der Waals surface area contributed by atoms with Gasteiger partial charge in [0, 0.05) is 18.6 Å². The molecular formula is C18H17BrN4O. The van der Waals surface area contributed by atoms with Crippen LogP contribution in [0.25, 0.3) is 0 Å². The highest BCUT2D eigenvalue weighted by Crippen LogP contribution is 2.25. The van der Waals surface area contributed by atoms with Gasteiger partial charge in [0.15, 0.2) is 5.92 Å². The van der Waals surface area contributed by atoms with Gasteiger partial charge >= 0.3 is 0 Å². The fraction of sp³-hybridized carbons (Fsp3) is 0.167. The predicted molar refractivity (Wildman–Crippen MR) is 99.0 cm³/mol. The number of carbonyl (C=O) groups is 1. The molecule has 0 aliphatic carbocycles. The van der Waals surface area contributed by atoms with E-state index in [0.29, 0.717) is 5.56 Å². The van der Waals surface area contributed by atoms with Crippen LogP contribution in [0.4, 0.5) is 5.69 Å². The minimum Gasteiger partial charge on any atom is -0.377 e. The zero-order chi connectivity index (χ0) is 17.5. The molecule has 0 aliphatic heterocycles. The smallest absolute Gasteiger partial charge is 0.261 e. The number of hydrogen-bond acceptors (Lipinski definition) is 4. The molecule has 6 heteroatoms. The van der Waals surface area contributed by atoms with Crippen molar-refractivity contribution in [3.05, 3.63) is 64.1 Å². The van der Waals surface area contributed by atoms with E-state index in [1.807, 2.05) is 49.3 Å². The van der Waals surface area contributed by atoms with E-state index in [4.69, 9.17) is 0 Å². The Balaban J connectivity index is 2.04. The molecular weight excluding hydrogens is 368 g/mol. The van der Waals surface area contributed by atoms with Crippen molar-refractivity contribution in [1.82, 2.24) is 5.43 Å². The first-order chi connectivity index (χ1) is 11.5. The molecule has 1 amide bonds. The Morgan fingerprint density at radius 1 is 1.29 bits per heavy atom. The summed E-state index contributed by atoms with van der Waals surface area (Å²) in [6, 6.07) is 16.7. The average molecular weight is 385 g/mol. The van der Waals surface area contributed by atoms with Gasteiger partial charge in [-0.25, -0.2) is 5.43 Å². The van der Waals surface area contributed by atoms with Crippen LogP contribution in [-0.2, 0) is 4.79 Å². The van der Waals surface area contributed by atoms with E-state index in [9.17, 15) is 10.1 Å². The first-order valence-corrected chi connectivity index (χ1v) is 8.06. The second kappa shape index (κ2) is 8.27. The lowest BCUT2D eigenvalue weighted by Gasteiger charge is -2.14. The van der Waals surface area contributed by atoms with Crippen LogP contribution in [0.3, 0.4) is 0 Å². The topological polar surface area (TPSA) is 68.5 Å². The molecule has 0 aromatic heterocycles. The molecule has 1 N–H and O–H groups in total. The normalized spacial score (nSPS) is 11.8. The van der Waals surface area contributed by atoms with E-state index in [2.05, 4.69) is 26.5 Å². The highest BCUT2D eigenvalue weighted by molar-refractivity contribution is 9.10. The molecule has 0 fully saturated rings. The summed E-state index contributed by atoms with van der Waals surface area (Å²) in [5.74, 6) is -1.34. The van der Waals surface area contributed by atoms with Gasteiger partial charge in [0.25, 0.3) is 5.91 Å². The van der Waals surface area contributed by atoms with E-state index < -0.39 is 11.8 Å². The number of carbonyl (C=O) groups excluding carboxylic acids is 1. The van der Waals surface area contributed by atoms with Crippen molar-refractivity contribution in [3.8, 4) is 6.07 Å². The van der Waals surface area contributed by atoms with Gasteiger partial charge in [0.2, 0.25) is 0 Å². The number of nitrogens with zero attached hydrogens (tertiary/aromatic N) is 3. The zero-order valence-electron chi connectivity index (χ0n) is 13.4. The largest absolute Gasteiger partial charge is 0.377 e. The molecule has 0 heterocycles. The van der Waals surface area contributed by atoms with Crippen LogP contribution in [-0.4, -0.2) is 26.2 Å². The van der Waals surface area contributed by atoms with Crippen LogP contribution < -0.4 is 10.3 Å². The molecule has 0 radical (unpaired) electrons. The number of hydrogen-bond donors (Lipinski definition) is 1. The summed E-state index contributed by atoms with van der Waals surface area (Å²) in [5, 5.41) is 13.2. The van der Waals surface area contributed by atoms with Crippen molar-refractivity contribution in [2.45, 2.75) is 5.92 Å². The molecule has 24 heavy (non-hydrogen) atoms. The van der Waals surface area contributed by atoms with Crippen molar-refractivity contribution in [3.63, 3.8) is 0 Å². The van der Waals surface area contributed by atoms with E-state index in [1.54, 1.807) is 30.5 Å². The maximum atomic E-state index is 12.1. The zero-order valence-corrected chi connectivity index (χ0v) is 15.0. The summed E-state index contributed by atoms with van der Waals surface area (Å²) < 4.78 is 0.932. The summed E-state index contributed by atoms with van der Waals surface area (Å²) >= 11 is 3.50. The van der Waals surface area contributed by atoms with Gasteiger partial charge in [-0.15, -0.1) is 0 Å². The summed E-state index contributed by atoms with van der Waals surface area (Å²) in [6.45, 7) is 0. The van der Waals surface area contributed by atoms with Gasteiger partial charge in [0.05, 0.1) is 18.0 Å². The maximum absolute atomic E-state index is 12.1. The number of halogens is 1. The third kappa shape index (κ3) is 4.43. The standard InChI is InChI=1S/C18H17BrN4O/c1-23(2)17-9-8-13(10-16(17)19)12-21-22-18(24)15(11-20)14-6-4-3-5-7-14/h3-10,12,15H,1-2H3,(H,22,24)/b21-12-/t15-/m1/s1. The third-order valence-electron chi connectivity index (χ3n) is 3.37. The number of anilines is 1. The predicted octanol–water partition coefficient (Wildman–Crippen LogP) is 3.27. The molecule has 2 aromatic rings. The van der Waals surface area contributed by atoms with Crippen LogP contribution in [0.5, 0.6) is 0 Å². The van der Waals surface area contributed by atoms with Crippen molar-refractivity contribution >= 4 is 33.7 Å². The fourth-order valence-electron chi connectivity index (χ4n) is 2.13. The van der Waals surface area contributed by atoms with E-state index in [1.165, 1.54) is 0 Å². The van der Waals surface area contributed by atoms with Crippen LogP contribution >= 0.6 is 15.9 Å². The Kier molecular flexibility index (Phi) is 6.10. The second-order valence-corrected chi connectivity index (χ2v) is 6.17. The lowest BCUT2D eigenvalue weighted by Crippen LogP contribution is -2.24. The summed E-state index contributed by atoms with van der Waals surface area (Å²) in [5.41, 5.74) is 4.94. The van der Waals surface area contributed by atoms with E-state index in [0.717, 1.165) is 15.7 Å². The van der Waals surface area contributed by atoms with Gasteiger partial charge in [-0.1, -0.05) is 36.4 Å². The molecule has 0 saturated heterocycles. The number of rotatable bonds is 5. The Hall–Kier alpha value is -2.65. The summed E-state index contributed by atoms with van der Waals surface area (Å²) in [6.07, 6.45) is 1.54. The van der Waals surface area contributed by atoms with Crippen LogP contribution in [0.1, 0.15) is 17.0 Å². The Morgan fingerprint density at radius 2 is 2.00 bits per heavy atom. The molecule has 0 spiro atoms. The van der Waals surface area contributed by atoms with E-state index in [-0.39, 0.29) is 0 Å². The SMILES string of the molecule is CN(C)c1ccc(/C=N\NC(=O)[C@H](C#N)c2ccccc2)cc1Br. The second-order valence-electron chi connectivity index (χ2n) is 5.31. The van der Waals surface area contributed by atoms with E-state index >= 15 is 0 Å². The highest BCUT2D eigenvalue weighted by Gasteiger charge is 2.19. The van der Waals surface area contributed by atoms with Crippen molar-refractivity contribution in [1.29, 1.82) is 5.26 Å². The van der Waals surface area contributed by atoms with Crippen molar-refractivity contribution < 1.29 is 4.79 Å². The number of nitrogens with one attached hydrogen (secondary N) is 1. The number of amides is 1. The minimum atomic E-state index is -0.883. The van der Waals surface area contributed by atoms with Crippen LogP contribution in [0.15, 0.2) is 58.1 Å². The monoisotopic (exact) mass is 384 g/mol. The van der Waals surface area contributed by atoms with Gasteiger partial charge in [-0.3, -0.25) is 4.79 Å². The maximum Gasteiger partial charge on any atom is 0.261 e. The third-order valence-corrected chi connectivity index (χ3v) is 4.00. The number of benzene rings is 2. The molecule has 0 aliphatic rings. The summed E-state index contributed by atoms with van der Waals surface area (Å²) in [4.78, 5) is 14.1. The fourth-order valence-corrected chi connectivity index (χ4v) is 2.88. The Bertz CT molecular complexity index is 781. The first-order valence-electron chi connectivity index (χ1n) is 7.27. The quantitative estimate of drug-likeness (QED) is 0.635. The average Bonchev–Trinajstić information content (AvgIpc) is 2.56. The first kappa shape index (κ1) is 17.7. The van der Waals surface area contributed by atoms with Gasteiger partial charge in [0.1, 0.15) is 0 Å². The lowest BCUT2D eigenvalue weighted by molar-refractivity contribution is -0.121. The minimum absolute atomic E-state index is 0.455. The van der Waals surface area contributed by atoms with Crippen LogP contribution in [0, 0.1) is 11.3 Å². The highest BCUT2D eigenvalue weighted by atomic mass is 79.9. The molecule has 2 rings (SSSR count). The number of hydrazone groups is 1. The molecule has 1 atom stereocenters. The Labute approximate surface area is 149 Å². The lowest BCUT2D eigenvalue weighted by atomic mass is 10.0. The van der Waals surface area contributed by atoms with Crippen molar-refractivity contribution in [2.75, 3.05) is 19.0 Å². The molecule has 122 valence electrons.